The van der Waals surface area contributed by atoms with Crippen LogP contribution in [0.15, 0.2) is 18.2 Å². The second-order valence-electron chi connectivity index (χ2n) is 4.77. The molecular weight excluding hydrogens is 289 g/mol. The third-order valence-corrected chi connectivity index (χ3v) is 2.98. The van der Waals surface area contributed by atoms with E-state index in [1.54, 1.807) is 0 Å². The monoisotopic (exact) mass is 302 g/mol. The number of nitrogens with one attached hydrogen (secondary N) is 2. The number of hydrogen-bond acceptors (Lipinski definition) is 3. The highest BCUT2D eigenvalue weighted by molar-refractivity contribution is 6.01. The molecule has 1 saturated carbocycles. The summed E-state index contributed by atoms with van der Waals surface area (Å²) in [6, 6.07) is 2.38. The molecule has 0 radical (unpaired) electrons. The molecule has 0 heterocycles. The highest BCUT2D eigenvalue weighted by Gasteiger charge is 2.32. The maximum atomic E-state index is 12.6. The summed E-state index contributed by atoms with van der Waals surface area (Å²) < 4.78 is 37.9. The summed E-state index contributed by atoms with van der Waals surface area (Å²) in [5.74, 6) is -1.99. The molecule has 3 N–H and O–H groups in total. The van der Waals surface area contributed by atoms with E-state index in [4.69, 9.17) is 5.11 Å². The van der Waals surface area contributed by atoms with Crippen LogP contribution in [0.5, 0.6) is 0 Å². The lowest BCUT2D eigenvalue weighted by Crippen LogP contribution is -2.30. The maximum absolute atomic E-state index is 12.6. The Morgan fingerprint density at radius 1 is 1.29 bits per heavy atom. The van der Waals surface area contributed by atoms with Crippen LogP contribution in [0.4, 0.5) is 18.9 Å². The third-order valence-electron chi connectivity index (χ3n) is 2.98. The van der Waals surface area contributed by atoms with Crippen molar-refractivity contribution in [2.75, 3.05) is 11.9 Å². The molecule has 2 rings (SSSR count). The molecule has 0 unspecified atom stereocenters. The van der Waals surface area contributed by atoms with Crippen molar-refractivity contribution in [3.05, 3.63) is 29.3 Å². The average molecular weight is 302 g/mol. The molecule has 0 spiro atoms. The van der Waals surface area contributed by atoms with Gasteiger partial charge in [-0.1, -0.05) is 0 Å². The maximum Gasteiger partial charge on any atom is 0.416 e. The Bertz CT molecular complexity index is 568. The molecule has 0 aliphatic heterocycles. The van der Waals surface area contributed by atoms with Crippen molar-refractivity contribution >= 4 is 17.6 Å². The number of hydrogen-bond donors (Lipinski definition) is 3. The second-order valence-corrected chi connectivity index (χ2v) is 4.77. The van der Waals surface area contributed by atoms with Crippen LogP contribution in [-0.2, 0) is 11.0 Å². The summed E-state index contributed by atoms with van der Waals surface area (Å²) >= 11 is 0. The molecule has 1 aliphatic rings. The largest absolute Gasteiger partial charge is 0.478 e. The lowest BCUT2D eigenvalue weighted by Gasteiger charge is -2.12. The Hall–Kier alpha value is -2.09. The minimum absolute atomic E-state index is 0.0695. The van der Waals surface area contributed by atoms with Crippen molar-refractivity contribution in [2.24, 2.45) is 0 Å². The number of anilines is 1. The van der Waals surface area contributed by atoms with Crippen molar-refractivity contribution in [1.29, 1.82) is 0 Å². The zero-order valence-corrected chi connectivity index (χ0v) is 10.8. The van der Waals surface area contributed by atoms with E-state index in [0.29, 0.717) is 12.1 Å². The van der Waals surface area contributed by atoms with Crippen molar-refractivity contribution in [1.82, 2.24) is 5.32 Å². The van der Waals surface area contributed by atoms with Gasteiger partial charge in [0.1, 0.15) is 0 Å². The first-order chi connectivity index (χ1) is 9.77. The van der Waals surface area contributed by atoms with Gasteiger partial charge in [0.05, 0.1) is 23.4 Å². The van der Waals surface area contributed by atoms with Crippen LogP contribution >= 0.6 is 0 Å². The van der Waals surface area contributed by atoms with E-state index >= 15 is 0 Å². The lowest BCUT2D eigenvalue weighted by molar-refractivity contribution is -0.137. The van der Waals surface area contributed by atoms with Crippen molar-refractivity contribution in [2.45, 2.75) is 25.1 Å². The number of rotatable bonds is 5. The van der Waals surface area contributed by atoms with Gasteiger partial charge in [-0.2, -0.15) is 13.2 Å². The van der Waals surface area contributed by atoms with E-state index in [-0.39, 0.29) is 23.8 Å². The van der Waals surface area contributed by atoms with E-state index in [0.717, 1.165) is 18.9 Å². The first-order valence-corrected chi connectivity index (χ1v) is 6.25. The van der Waals surface area contributed by atoms with Crippen LogP contribution in [0, 0.1) is 0 Å². The number of carbonyl (C=O) groups is 2. The van der Waals surface area contributed by atoms with Crippen LogP contribution in [0.2, 0.25) is 0 Å². The zero-order chi connectivity index (χ0) is 15.6. The van der Waals surface area contributed by atoms with Gasteiger partial charge in [-0.15, -0.1) is 0 Å². The van der Waals surface area contributed by atoms with E-state index in [2.05, 4.69) is 10.6 Å². The summed E-state index contributed by atoms with van der Waals surface area (Å²) in [5, 5.41) is 14.0. The average Bonchev–Trinajstić information content (AvgIpc) is 3.19. The van der Waals surface area contributed by atoms with Crippen molar-refractivity contribution in [3.63, 3.8) is 0 Å². The summed E-state index contributed by atoms with van der Waals surface area (Å²) in [5.41, 5.74) is -1.76. The zero-order valence-electron chi connectivity index (χ0n) is 10.8. The minimum atomic E-state index is -4.61. The fourth-order valence-corrected chi connectivity index (χ4v) is 1.73. The molecule has 1 aliphatic carbocycles. The molecule has 1 aromatic rings. The van der Waals surface area contributed by atoms with Crippen LogP contribution in [-0.4, -0.2) is 29.6 Å². The highest BCUT2D eigenvalue weighted by Crippen LogP contribution is 2.32. The predicted molar refractivity (Wildman–Crippen MR) is 68.1 cm³/mol. The first kappa shape index (κ1) is 15.3. The van der Waals surface area contributed by atoms with Gasteiger partial charge in [-0.25, -0.2) is 4.79 Å². The van der Waals surface area contributed by atoms with Gasteiger partial charge in [0.15, 0.2) is 0 Å². The number of carboxylic acids is 1. The van der Waals surface area contributed by atoms with Gasteiger partial charge in [-0.3, -0.25) is 4.79 Å². The summed E-state index contributed by atoms with van der Waals surface area (Å²) in [6.07, 6.45) is -2.70. The summed E-state index contributed by atoms with van der Waals surface area (Å²) in [6.45, 7) is -0.0695. The quantitative estimate of drug-likeness (QED) is 0.778. The molecule has 114 valence electrons. The molecule has 0 saturated heterocycles. The van der Waals surface area contributed by atoms with Crippen LogP contribution in [0.1, 0.15) is 28.8 Å². The number of alkyl halides is 3. The van der Waals surface area contributed by atoms with E-state index < -0.39 is 23.6 Å². The molecule has 0 atom stereocenters. The normalized spacial score (nSPS) is 14.8. The molecule has 8 heteroatoms. The fourth-order valence-electron chi connectivity index (χ4n) is 1.73. The summed E-state index contributed by atoms with van der Waals surface area (Å²) in [7, 11) is 0. The number of carbonyl (C=O) groups excluding carboxylic acids is 1. The SMILES string of the molecule is O=C(CNC1CC1)Nc1cc(C(F)(F)F)ccc1C(=O)O. The molecule has 1 fully saturated rings. The molecule has 0 aromatic heterocycles. The highest BCUT2D eigenvalue weighted by atomic mass is 19.4. The number of halogens is 3. The Kier molecular flexibility index (Phi) is 4.17. The number of carboxylic acid groups (broad SMARTS) is 1. The standard InChI is InChI=1S/C13H13F3N2O3/c14-13(15,16)7-1-4-9(12(20)21)10(5-7)18-11(19)6-17-8-2-3-8/h1,4-5,8,17H,2-3,6H2,(H,18,19)(H,20,21). The predicted octanol–water partition coefficient (Wildman–Crippen LogP) is 2.09. The van der Waals surface area contributed by atoms with E-state index in [9.17, 15) is 22.8 Å². The number of amides is 1. The number of benzene rings is 1. The van der Waals surface area contributed by atoms with Gasteiger partial charge in [0, 0.05) is 6.04 Å². The second kappa shape index (κ2) is 5.72. The minimum Gasteiger partial charge on any atom is -0.478 e. The Balaban J connectivity index is 2.17. The van der Waals surface area contributed by atoms with Crippen molar-refractivity contribution < 1.29 is 27.9 Å². The van der Waals surface area contributed by atoms with Gasteiger partial charge in [0.2, 0.25) is 5.91 Å². The van der Waals surface area contributed by atoms with Gasteiger partial charge >= 0.3 is 12.1 Å². The van der Waals surface area contributed by atoms with E-state index in [1.807, 2.05) is 0 Å². The topological polar surface area (TPSA) is 78.4 Å². The summed E-state index contributed by atoms with van der Waals surface area (Å²) in [4.78, 5) is 22.6. The van der Waals surface area contributed by atoms with Gasteiger partial charge < -0.3 is 15.7 Å². The van der Waals surface area contributed by atoms with E-state index in [1.165, 1.54) is 0 Å². The molecule has 1 amide bonds. The molecule has 1 aromatic carbocycles. The Morgan fingerprint density at radius 3 is 2.48 bits per heavy atom. The van der Waals surface area contributed by atoms with Crippen molar-refractivity contribution in [3.8, 4) is 0 Å². The number of aromatic carboxylic acids is 1. The van der Waals surface area contributed by atoms with Crippen LogP contribution in [0.3, 0.4) is 0 Å². The van der Waals surface area contributed by atoms with Crippen LogP contribution < -0.4 is 10.6 Å². The molecule has 0 bridgehead atoms. The Morgan fingerprint density at radius 2 is 1.95 bits per heavy atom. The van der Waals surface area contributed by atoms with Gasteiger partial charge in [-0.05, 0) is 31.0 Å². The van der Waals surface area contributed by atoms with Gasteiger partial charge in [0.25, 0.3) is 0 Å². The first-order valence-electron chi connectivity index (χ1n) is 6.25. The van der Waals surface area contributed by atoms with Crippen LogP contribution in [0.25, 0.3) is 0 Å². The smallest absolute Gasteiger partial charge is 0.416 e. The Labute approximate surface area is 118 Å². The third kappa shape index (κ3) is 4.19. The molecule has 5 nitrogen and oxygen atoms in total. The lowest BCUT2D eigenvalue weighted by atomic mass is 10.1. The fraction of sp³-hybridized carbons (Fsp3) is 0.385. The molecule has 21 heavy (non-hydrogen) atoms. The molecular formula is C13H13F3N2O3.